The van der Waals surface area contributed by atoms with Gasteiger partial charge in [0.25, 0.3) is 0 Å². The standard InChI is InChI=1S/C9H7N3O2S/c13-4-5-3-6-7-1-2-10-12(7)9(14)11-8(6)15-5/h1-4,6-7,10H. The number of nitrogens with one attached hydrogen (secondary N) is 1. The van der Waals surface area contributed by atoms with E-state index in [0.29, 0.717) is 4.91 Å². The summed E-state index contributed by atoms with van der Waals surface area (Å²) < 4.78 is 0. The number of fused-ring (bicyclic) bond motifs is 3. The van der Waals surface area contributed by atoms with Gasteiger partial charge in [-0.3, -0.25) is 4.79 Å². The zero-order valence-corrected chi connectivity index (χ0v) is 8.40. The second kappa shape index (κ2) is 2.96. The number of nitrogens with zero attached hydrogens (tertiary/aromatic N) is 2. The molecule has 2 atom stereocenters. The highest BCUT2D eigenvalue weighted by Crippen LogP contribution is 2.38. The summed E-state index contributed by atoms with van der Waals surface area (Å²) in [4.78, 5) is 26.7. The summed E-state index contributed by atoms with van der Waals surface area (Å²) in [7, 11) is 0. The zero-order chi connectivity index (χ0) is 10.4. The first-order valence-electron chi connectivity index (χ1n) is 4.49. The Morgan fingerprint density at radius 1 is 1.60 bits per heavy atom. The SMILES string of the molecule is O=CC1=CC2C(=NC(=O)N3NC=CC23)S1. The summed E-state index contributed by atoms with van der Waals surface area (Å²) >= 11 is 1.28. The largest absolute Gasteiger partial charge is 0.363 e. The zero-order valence-electron chi connectivity index (χ0n) is 7.58. The van der Waals surface area contributed by atoms with Crippen molar-refractivity contribution >= 4 is 29.1 Å². The van der Waals surface area contributed by atoms with Gasteiger partial charge in [0.15, 0.2) is 6.29 Å². The predicted octanol–water partition coefficient (Wildman–Crippen LogP) is 0.667. The van der Waals surface area contributed by atoms with Gasteiger partial charge in [0.05, 0.1) is 21.9 Å². The summed E-state index contributed by atoms with van der Waals surface area (Å²) in [5.41, 5.74) is 2.82. The van der Waals surface area contributed by atoms with Gasteiger partial charge in [0, 0.05) is 6.20 Å². The summed E-state index contributed by atoms with van der Waals surface area (Å²) in [6, 6.07) is -0.348. The lowest BCUT2D eigenvalue weighted by atomic mass is 9.99. The molecule has 0 radical (unpaired) electrons. The van der Waals surface area contributed by atoms with E-state index in [1.807, 2.05) is 12.2 Å². The molecule has 0 fully saturated rings. The summed E-state index contributed by atoms with van der Waals surface area (Å²) in [5.74, 6) is 0.0270. The summed E-state index contributed by atoms with van der Waals surface area (Å²) in [5, 5.41) is 2.19. The van der Waals surface area contributed by atoms with Crippen LogP contribution in [0.25, 0.3) is 0 Å². The van der Waals surface area contributed by atoms with E-state index >= 15 is 0 Å². The van der Waals surface area contributed by atoms with Gasteiger partial charge in [-0.25, -0.2) is 9.80 Å². The van der Waals surface area contributed by atoms with Gasteiger partial charge in [0.1, 0.15) is 0 Å². The maximum absolute atomic E-state index is 11.5. The van der Waals surface area contributed by atoms with Gasteiger partial charge in [-0.1, -0.05) is 17.8 Å². The van der Waals surface area contributed by atoms with Gasteiger partial charge >= 0.3 is 6.03 Å². The van der Waals surface area contributed by atoms with E-state index in [1.54, 1.807) is 6.20 Å². The minimum Gasteiger partial charge on any atom is -0.301 e. The van der Waals surface area contributed by atoms with Crippen LogP contribution in [0.4, 0.5) is 4.79 Å². The number of allylic oxidation sites excluding steroid dienone is 1. The monoisotopic (exact) mass is 221 g/mol. The fraction of sp³-hybridized carbons (Fsp3) is 0.222. The fourth-order valence-electron chi connectivity index (χ4n) is 1.88. The van der Waals surface area contributed by atoms with Gasteiger partial charge in [-0.05, 0) is 6.08 Å². The first-order chi connectivity index (χ1) is 7.29. The molecule has 3 aliphatic heterocycles. The van der Waals surface area contributed by atoms with Crippen LogP contribution in [0, 0.1) is 5.92 Å². The highest BCUT2D eigenvalue weighted by atomic mass is 32.2. The quantitative estimate of drug-likeness (QED) is 0.661. The third-order valence-corrected chi connectivity index (χ3v) is 3.59. The Morgan fingerprint density at radius 2 is 2.47 bits per heavy atom. The van der Waals surface area contributed by atoms with Crippen molar-refractivity contribution in [3.63, 3.8) is 0 Å². The molecule has 0 aromatic carbocycles. The summed E-state index contributed by atoms with van der Waals surface area (Å²) in [6.07, 6.45) is 6.28. The van der Waals surface area contributed by atoms with Crippen LogP contribution >= 0.6 is 11.8 Å². The van der Waals surface area contributed by atoms with E-state index < -0.39 is 0 Å². The number of thioether (sulfide) groups is 1. The van der Waals surface area contributed by atoms with Crippen LogP contribution in [0.2, 0.25) is 0 Å². The molecule has 0 aromatic rings. The second-order valence-corrected chi connectivity index (χ2v) is 4.49. The van der Waals surface area contributed by atoms with Gasteiger partial charge < -0.3 is 5.43 Å². The molecular weight excluding hydrogens is 214 g/mol. The lowest BCUT2D eigenvalue weighted by Crippen LogP contribution is -2.48. The Hall–Kier alpha value is -1.56. The number of aldehydes is 1. The van der Waals surface area contributed by atoms with Gasteiger partial charge in [-0.2, -0.15) is 4.99 Å². The average Bonchev–Trinajstić information content (AvgIpc) is 2.80. The molecule has 1 N–H and O–H groups in total. The molecule has 0 spiro atoms. The molecular formula is C9H7N3O2S. The van der Waals surface area contributed by atoms with Crippen molar-refractivity contribution in [2.75, 3.05) is 0 Å². The number of amides is 2. The van der Waals surface area contributed by atoms with E-state index in [1.165, 1.54) is 16.8 Å². The average molecular weight is 221 g/mol. The smallest absolute Gasteiger partial charge is 0.301 e. The predicted molar refractivity (Wildman–Crippen MR) is 56.0 cm³/mol. The lowest BCUT2D eigenvalue weighted by molar-refractivity contribution is -0.104. The highest BCUT2D eigenvalue weighted by molar-refractivity contribution is 8.18. The number of rotatable bonds is 1. The molecule has 0 saturated carbocycles. The second-order valence-electron chi connectivity index (χ2n) is 3.40. The van der Waals surface area contributed by atoms with Gasteiger partial charge in [0.2, 0.25) is 0 Å². The number of carbonyl (C=O) groups excluding carboxylic acids is 2. The first-order valence-corrected chi connectivity index (χ1v) is 5.31. The number of hydrogen-bond acceptors (Lipinski definition) is 4. The molecule has 6 heteroatoms. The van der Waals surface area contributed by atoms with Gasteiger partial charge in [-0.15, -0.1) is 0 Å². The van der Waals surface area contributed by atoms with Crippen LogP contribution in [0.15, 0.2) is 28.2 Å². The number of hydrazine groups is 1. The van der Waals surface area contributed by atoms with E-state index in [-0.39, 0.29) is 18.0 Å². The van der Waals surface area contributed by atoms with E-state index in [4.69, 9.17) is 0 Å². The van der Waals surface area contributed by atoms with Crippen LogP contribution in [0.1, 0.15) is 0 Å². The Balaban J connectivity index is 2.03. The minimum atomic E-state index is -0.302. The topological polar surface area (TPSA) is 61.8 Å². The number of urea groups is 1. The minimum absolute atomic E-state index is 0.0270. The third kappa shape index (κ3) is 1.14. The maximum atomic E-state index is 11.5. The van der Waals surface area contributed by atoms with Crippen molar-refractivity contribution in [3.8, 4) is 0 Å². The van der Waals surface area contributed by atoms with Crippen LogP contribution in [-0.2, 0) is 4.79 Å². The molecule has 76 valence electrons. The molecule has 3 rings (SSSR count). The maximum Gasteiger partial charge on any atom is 0.363 e. The molecule has 2 unspecified atom stereocenters. The molecule has 0 aromatic heterocycles. The van der Waals surface area contributed by atoms with Crippen molar-refractivity contribution in [1.82, 2.24) is 10.4 Å². The molecule has 2 amide bonds. The van der Waals surface area contributed by atoms with Crippen molar-refractivity contribution in [2.45, 2.75) is 6.04 Å². The normalized spacial score (nSPS) is 31.7. The van der Waals surface area contributed by atoms with Crippen molar-refractivity contribution < 1.29 is 9.59 Å². The van der Waals surface area contributed by atoms with E-state index in [0.717, 1.165) is 11.3 Å². The lowest BCUT2D eigenvalue weighted by Gasteiger charge is -2.30. The molecule has 0 aliphatic carbocycles. The van der Waals surface area contributed by atoms with Crippen molar-refractivity contribution in [3.05, 3.63) is 23.3 Å². The van der Waals surface area contributed by atoms with E-state index in [9.17, 15) is 9.59 Å². The third-order valence-electron chi connectivity index (χ3n) is 2.55. The van der Waals surface area contributed by atoms with Crippen LogP contribution in [-0.4, -0.2) is 28.4 Å². The van der Waals surface area contributed by atoms with Crippen LogP contribution in [0.5, 0.6) is 0 Å². The number of carbonyl (C=O) groups is 2. The molecule has 3 heterocycles. The first kappa shape index (κ1) is 8.72. The Morgan fingerprint density at radius 3 is 3.27 bits per heavy atom. The number of aliphatic imine (C=N–C) groups is 1. The fourth-order valence-corrected chi connectivity index (χ4v) is 2.85. The van der Waals surface area contributed by atoms with E-state index in [2.05, 4.69) is 10.4 Å². The van der Waals surface area contributed by atoms with Crippen molar-refractivity contribution in [2.24, 2.45) is 10.9 Å². The van der Waals surface area contributed by atoms with Crippen LogP contribution < -0.4 is 5.43 Å². The Kier molecular flexibility index (Phi) is 1.72. The molecule has 3 aliphatic rings. The Bertz CT molecular complexity index is 441. The van der Waals surface area contributed by atoms with Crippen LogP contribution in [0.3, 0.4) is 0 Å². The van der Waals surface area contributed by atoms with Crippen molar-refractivity contribution in [1.29, 1.82) is 0 Å². The number of hydrogen-bond donors (Lipinski definition) is 1. The highest BCUT2D eigenvalue weighted by Gasteiger charge is 2.41. The Labute approximate surface area is 89.9 Å². The molecule has 0 bridgehead atoms. The summed E-state index contributed by atoms with van der Waals surface area (Å²) in [6.45, 7) is 0. The molecule has 5 nitrogen and oxygen atoms in total. The molecule has 15 heavy (non-hydrogen) atoms. The molecule has 0 saturated heterocycles.